The standard InChI is InChI=1S/C8H19B2NO2/c1-7(2,3)11-5-4-8(9,10)6(12)13/h11H,4-5,9-10H2,1-3H3,(H,12,13). The highest BCUT2D eigenvalue weighted by Gasteiger charge is 2.26. The van der Waals surface area contributed by atoms with Gasteiger partial charge in [-0.05, 0) is 33.7 Å². The largest absolute Gasteiger partial charge is 0.482 e. The molecule has 0 aliphatic heterocycles. The van der Waals surface area contributed by atoms with Crippen molar-refractivity contribution in [2.75, 3.05) is 6.54 Å². The van der Waals surface area contributed by atoms with Crippen LogP contribution in [0.4, 0.5) is 0 Å². The third-order valence-electron chi connectivity index (χ3n) is 1.98. The Bertz CT molecular complexity index is 187. The lowest BCUT2D eigenvalue weighted by Crippen LogP contribution is -2.39. The molecule has 0 rings (SSSR count). The third-order valence-corrected chi connectivity index (χ3v) is 1.98. The van der Waals surface area contributed by atoms with Crippen molar-refractivity contribution in [3.8, 4) is 0 Å². The Morgan fingerprint density at radius 1 is 1.38 bits per heavy atom. The third kappa shape index (κ3) is 5.75. The summed E-state index contributed by atoms with van der Waals surface area (Å²) in [5.74, 6) is -0.733. The summed E-state index contributed by atoms with van der Waals surface area (Å²) in [5, 5.41) is 11.5. The van der Waals surface area contributed by atoms with Crippen LogP contribution in [0.15, 0.2) is 0 Å². The van der Waals surface area contributed by atoms with Crippen LogP contribution in [0.3, 0.4) is 0 Å². The molecule has 0 amide bonds. The van der Waals surface area contributed by atoms with E-state index < -0.39 is 11.2 Å². The average Bonchev–Trinajstić information content (AvgIpc) is 1.82. The van der Waals surface area contributed by atoms with Crippen molar-refractivity contribution in [3.05, 3.63) is 0 Å². The SMILES string of the molecule is BC(B)(CCNC(C)(C)C)C(=O)O. The summed E-state index contributed by atoms with van der Waals surface area (Å²) in [6, 6.07) is 0. The fraction of sp³-hybridized carbons (Fsp3) is 0.875. The van der Waals surface area contributed by atoms with Crippen LogP contribution < -0.4 is 5.32 Å². The predicted octanol–water partition coefficient (Wildman–Crippen LogP) is -0.768. The first kappa shape index (κ1) is 12.6. The molecule has 13 heavy (non-hydrogen) atoms. The number of hydrogen-bond donors (Lipinski definition) is 2. The zero-order valence-corrected chi connectivity index (χ0v) is 9.27. The van der Waals surface area contributed by atoms with Crippen LogP contribution in [0, 0.1) is 0 Å². The number of carbonyl (C=O) groups is 1. The van der Waals surface area contributed by atoms with Crippen LogP contribution in [-0.2, 0) is 4.79 Å². The van der Waals surface area contributed by atoms with Gasteiger partial charge in [0.05, 0.1) is 0 Å². The Labute approximate surface area is 82.1 Å². The van der Waals surface area contributed by atoms with Gasteiger partial charge in [0.25, 0.3) is 5.97 Å². The second-order valence-corrected chi connectivity index (χ2v) is 5.12. The van der Waals surface area contributed by atoms with Crippen LogP contribution in [0.1, 0.15) is 27.2 Å². The second-order valence-electron chi connectivity index (χ2n) is 5.12. The molecule has 0 saturated heterocycles. The van der Waals surface area contributed by atoms with Crippen LogP contribution in [0.5, 0.6) is 0 Å². The van der Waals surface area contributed by atoms with Crippen molar-refractivity contribution in [2.24, 2.45) is 0 Å². The van der Waals surface area contributed by atoms with Gasteiger partial charge >= 0.3 is 0 Å². The summed E-state index contributed by atoms with van der Waals surface area (Å²) >= 11 is 0. The van der Waals surface area contributed by atoms with Crippen molar-refractivity contribution < 1.29 is 9.90 Å². The van der Waals surface area contributed by atoms with Crippen molar-refractivity contribution in [1.29, 1.82) is 0 Å². The van der Waals surface area contributed by atoms with E-state index in [4.69, 9.17) is 5.11 Å². The first-order valence-electron chi connectivity index (χ1n) is 4.63. The Morgan fingerprint density at radius 2 is 1.85 bits per heavy atom. The number of aliphatic carboxylic acids is 1. The summed E-state index contributed by atoms with van der Waals surface area (Å²) in [5.41, 5.74) is 0.0641. The lowest BCUT2D eigenvalue weighted by atomic mass is 9.53. The molecule has 74 valence electrons. The molecule has 0 aromatic heterocycles. The minimum absolute atomic E-state index is 0.0641. The minimum atomic E-state index is -0.733. The number of hydrogen-bond acceptors (Lipinski definition) is 2. The van der Waals surface area contributed by atoms with Crippen molar-refractivity contribution >= 4 is 21.7 Å². The van der Waals surface area contributed by atoms with Gasteiger partial charge in [0.15, 0.2) is 0 Å². The van der Waals surface area contributed by atoms with E-state index in [2.05, 4.69) is 26.1 Å². The van der Waals surface area contributed by atoms with E-state index in [0.717, 1.165) is 6.54 Å². The van der Waals surface area contributed by atoms with Gasteiger partial charge in [0.1, 0.15) is 15.7 Å². The van der Waals surface area contributed by atoms with Crippen LogP contribution in [-0.4, -0.2) is 38.9 Å². The molecule has 0 atom stereocenters. The smallest absolute Gasteiger partial charge is 0.293 e. The van der Waals surface area contributed by atoms with E-state index in [-0.39, 0.29) is 5.54 Å². The zero-order chi connectivity index (χ0) is 10.7. The molecule has 0 spiro atoms. The first-order chi connectivity index (χ1) is 5.65. The lowest BCUT2D eigenvalue weighted by molar-refractivity contribution is -0.138. The molecule has 0 aromatic carbocycles. The number of rotatable bonds is 4. The zero-order valence-electron chi connectivity index (χ0n) is 9.27. The van der Waals surface area contributed by atoms with Crippen LogP contribution >= 0.6 is 0 Å². The van der Waals surface area contributed by atoms with Gasteiger partial charge in [-0.25, -0.2) is 0 Å². The van der Waals surface area contributed by atoms with Crippen molar-refractivity contribution in [3.63, 3.8) is 0 Å². The van der Waals surface area contributed by atoms with E-state index in [0.29, 0.717) is 6.42 Å². The average molecular weight is 183 g/mol. The molecule has 0 bridgehead atoms. The van der Waals surface area contributed by atoms with E-state index in [9.17, 15) is 4.79 Å². The number of carboxylic acids is 1. The fourth-order valence-corrected chi connectivity index (χ4v) is 0.857. The van der Waals surface area contributed by atoms with Crippen LogP contribution in [0.25, 0.3) is 0 Å². The maximum Gasteiger partial charge on any atom is 0.293 e. The highest BCUT2D eigenvalue weighted by atomic mass is 16.4. The van der Waals surface area contributed by atoms with Gasteiger partial charge < -0.3 is 10.4 Å². The lowest BCUT2D eigenvalue weighted by Gasteiger charge is -2.24. The molecule has 0 aliphatic rings. The fourth-order valence-electron chi connectivity index (χ4n) is 0.857. The molecule has 0 heterocycles. The van der Waals surface area contributed by atoms with Crippen molar-refractivity contribution in [1.82, 2.24) is 5.32 Å². The molecule has 0 fully saturated rings. The van der Waals surface area contributed by atoms with E-state index >= 15 is 0 Å². The van der Waals surface area contributed by atoms with Crippen LogP contribution in [0.2, 0.25) is 5.21 Å². The Kier molecular flexibility index (Phi) is 4.04. The first-order valence-corrected chi connectivity index (χ1v) is 4.63. The Balaban J connectivity index is 3.84. The predicted molar refractivity (Wildman–Crippen MR) is 59.8 cm³/mol. The molecule has 5 heteroatoms. The van der Waals surface area contributed by atoms with Gasteiger partial charge in [-0.1, -0.05) is 0 Å². The monoisotopic (exact) mass is 183 g/mol. The normalized spacial score (nSPS) is 12.8. The van der Waals surface area contributed by atoms with E-state index in [1.165, 1.54) is 0 Å². The van der Waals surface area contributed by atoms with Crippen molar-refractivity contribution in [2.45, 2.75) is 37.9 Å². The Morgan fingerprint density at radius 3 is 2.15 bits per heavy atom. The number of nitrogens with one attached hydrogen (secondary N) is 1. The molecular weight excluding hydrogens is 164 g/mol. The maximum atomic E-state index is 10.7. The summed E-state index contributed by atoms with van der Waals surface area (Å²) < 4.78 is 0. The number of carboxylic acid groups (broad SMARTS) is 1. The quantitative estimate of drug-likeness (QED) is 0.562. The summed E-state index contributed by atoms with van der Waals surface area (Å²) in [4.78, 5) is 10.7. The molecule has 3 nitrogen and oxygen atoms in total. The van der Waals surface area contributed by atoms with E-state index in [1.807, 2.05) is 0 Å². The van der Waals surface area contributed by atoms with Gasteiger partial charge in [-0.3, -0.25) is 4.79 Å². The topological polar surface area (TPSA) is 49.3 Å². The summed E-state index contributed by atoms with van der Waals surface area (Å²) in [7, 11) is 3.50. The molecular formula is C8H19B2NO2. The van der Waals surface area contributed by atoms with E-state index in [1.54, 1.807) is 15.7 Å². The molecule has 0 aliphatic carbocycles. The Hall–Kier alpha value is -0.440. The molecule has 2 N–H and O–H groups in total. The second kappa shape index (κ2) is 4.18. The van der Waals surface area contributed by atoms with Gasteiger partial charge in [0.2, 0.25) is 0 Å². The minimum Gasteiger partial charge on any atom is -0.482 e. The maximum absolute atomic E-state index is 10.7. The summed E-state index contributed by atoms with van der Waals surface area (Å²) in [6.07, 6.45) is 0.652. The summed E-state index contributed by atoms with van der Waals surface area (Å²) in [6.45, 7) is 6.95. The highest BCUT2D eigenvalue weighted by molar-refractivity contribution is 6.49. The molecule has 0 radical (unpaired) electrons. The van der Waals surface area contributed by atoms with Gasteiger partial charge in [-0.2, -0.15) is 0 Å². The molecule has 0 saturated carbocycles. The molecule has 0 unspecified atom stereocenters. The van der Waals surface area contributed by atoms with Gasteiger partial charge in [-0.15, -0.1) is 0 Å². The highest BCUT2D eigenvalue weighted by Crippen LogP contribution is 2.20. The molecule has 0 aromatic rings. The van der Waals surface area contributed by atoms with Gasteiger partial charge in [0, 0.05) is 10.8 Å².